The predicted octanol–water partition coefficient (Wildman–Crippen LogP) is 1.39. The monoisotopic (exact) mass is 223 g/mol. The van der Waals surface area contributed by atoms with Gasteiger partial charge in [-0.1, -0.05) is 19.1 Å². The molecule has 1 aromatic carbocycles. The number of carbonyl (C=O) groups is 1. The summed E-state index contributed by atoms with van der Waals surface area (Å²) in [6.45, 7) is 4.27. The number of rotatable bonds is 4. The lowest BCUT2D eigenvalue weighted by Gasteiger charge is -2.28. The number of carbonyl (C=O) groups excluding carboxylic acids is 1. The lowest BCUT2D eigenvalue weighted by atomic mass is 9.92. The van der Waals surface area contributed by atoms with E-state index in [1.165, 1.54) is 7.11 Å². The molecule has 2 N–H and O–H groups in total. The van der Waals surface area contributed by atoms with Gasteiger partial charge in [-0.25, -0.2) is 4.79 Å². The molecule has 1 unspecified atom stereocenters. The predicted molar refractivity (Wildman–Crippen MR) is 61.2 cm³/mol. The molecule has 0 aliphatic carbocycles. The molecular formula is C12H17NO3. The largest absolute Gasteiger partial charge is 0.508 e. The van der Waals surface area contributed by atoms with Gasteiger partial charge in [-0.3, -0.25) is 5.32 Å². The Morgan fingerprint density at radius 3 is 2.75 bits per heavy atom. The van der Waals surface area contributed by atoms with E-state index in [-0.39, 0.29) is 11.7 Å². The smallest absolute Gasteiger partial charge is 0.330 e. The number of phenols is 1. The van der Waals surface area contributed by atoms with E-state index in [0.29, 0.717) is 12.1 Å². The van der Waals surface area contributed by atoms with Crippen LogP contribution in [-0.4, -0.2) is 24.7 Å². The lowest BCUT2D eigenvalue weighted by molar-refractivity contribution is -0.148. The minimum atomic E-state index is -0.928. The molecule has 0 fully saturated rings. The van der Waals surface area contributed by atoms with E-state index in [1.54, 1.807) is 31.2 Å². The van der Waals surface area contributed by atoms with E-state index < -0.39 is 5.54 Å². The fourth-order valence-electron chi connectivity index (χ4n) is 1.67. The van der Waals surface area contributed by atoms with Crippen molar-refractivity contribution >= 4 is 5.97 Å². The van der Waals surface area contributed by atoms with Crippen molar-refractivity contribution in [1.82, 2.24) is 5.32 Å². The maximum atomic E-state index is 11.8. The Morgan fingerprint density at radius 2 is 2.25 bits per heavy atom. The molecule has 0 heterocycles. The highest BCUT2D eigenvalue weighted by molar-refractivity contribution is 5.82. The van der Waals surface area contributed by atoms with Gasteiger partial charge in [0.25, 0.3) is 0 Å². The van der Waals surface area contributed by atoms with Crippen LogP contribution in [0.5, 0.6) is 5.75 Å². The molecule has 0 bridgehead atoms. The Bertz CT molecular complexity index is 378. The van der Waals surface area contributed by atoms with Crippen molar-refractivity contribution in [3.05, 3.63) is 29.8 Å². The molecule has 16 heavy (non-hydrogen) atoms. The van der Waals surface area contributed by atoms with Crippen molar-refractivity contribution in [3.63, 3.8) is 0 Å². The molecular weight excluding hydrogens is 206 g/mol. The van der Waals surface area contributed by atoms with Crippen molar-refractivity contribution in [2.45, 2.75) is 19.4 Å². The van der Waals surface area contributed by atoms with E-state index in [4.69, 9.17) is 4.74 Å². The normalized spacial score (nSPS) is 14.2. The number of likely N-dealkylation sites (N-methyl/N-ethyl adjacent to an activating group) is 1. The van der Waals surface area contributed by atoms with Crippen LogP contribution in [0.15, 0.2) is 24.3 Å². The summed E-state index contributed by atoms with van der Waals surface area (Å²) in [5.41, 5.74) is -0.247. The highest BCUT2D eigenvalue weighted by Crippen LogP contribution is 2.25. The molecule has 88 valence electrons. The average molecular weight is 223 g/mol. The lowest BCUT2D eigenvalue weighted by Crippen LogP contribution is -2.47. The number of hydrogen-bond donors (Lipinski definition) is 2. The molecule has 0 saturated carbocycles. The Labute approximate surface area is 95.2 Å². The van der Waals surface area contributed by atoms with E-state index in [2.05, 4.69) is 5.32 Å². The van der Waals surface area contributed by atoms with Crippen LogP contribution in [0.4, 0.5) is 0 Å². The summed E-state index contributed by atoms with van der Waals surface area (Å²) in [6.07, 6.45) is 0. The van der Waals surface area contributed by atoms with Gasteiger partial charge < -0.3 is 9.84 Å². The molecule has 0 aromatic heterocycles. The Morgan fingerprint density at radius 1 is 1.56 bits per heavy atom. The van der Waals surface area contributed by atoms with Crippen LogP contribution in [0.2, 0.25) is 0 Å². The summed E-state index contributed by atoms with van der Waals surface area (Å²) >= 11 is 0. The SMILES string of the molecule is CCNC(C)(C(=O)OC)c1cccc(O)c1. The van der Waals surface area contributed by atoms with Gasteiger partial charge in [-0.15, -0.1) is 0 Å². The summed E-state index contributed by atoms with van der Waals surface area (Å²) in [5, 5.41) is 12.5. The summed E-state index contributed by atoms with van der Waals surface area (Å²) in [4.78, 5) is 11.8. The fourth-order valence-corrected chi connectivity index (χ4v) is 1.67. The second-order valence-electron chi connectivity index (χ2n) is 3.70. The number of benzene rings is 1. The number of phenolic OH excluding ortho intramolecular Hbond substituents is 1. The first kappa shape index (κ1) is 12.5. The van der Waals surface area contributed by atoms with Crippen molar-refractivity contribution < 1.29 is 14.6 Å². The topological polar surface area (TPSA) is 58.6 Å². The third kappa shape index (κ3) is 2.33. The minimum Gasteiger partial charge on any atom is -0.508 e. The maximum absolute atomic E-state index is 11.8. The van der Waals surface area contributed by atoms with Crippen LogP contribution in [0, 0.1) is 0 Å². The van der Waals surface area contributed by atoms with Crippen LogP contribution in [0.25, 0.3) is 0 Å². The molecule has 4 nitrogen and oxygen atoms in total. The Hall–Kier alpha value is -1.55. The number of methoxy groups -OCH3 is 1. The van der Waals surface area contributed by atoms with E-state index in [1.807, 2.05) is 6.92 Å². The minimum absolute atomic E-state index is 0.130. The number of aromatic hydroxyl groups is 1. The third-order valence-electron chi connectivity index (χ3n) is 2.55. The van der Waals surface area contributed by atoms with Gasteiger partial charge in [-0.05, 0) is 31.2 Å². The first-order chi connectivity index (χ1) is 7.54. The number of nitrogens with one attached hydrogen (secondary N) is 1. The van der Waals surface area contributed by atoms with Gasteiger partial charge in [0.05, 0.1) is 7.11 Å². The van der Waals surface area contributed by atoms with Gasteiger partial charge in [0.1, 0.15) is 11.3 Å². The van der Waals surface area contributed by atoms with Gasteiger partial charge in [0.2, 0.25) is 0 Å². The standard InChI is InChI=1S/C12H17NO3/c1-4-13-12(2,11(15)16-3)9-6-5-7-10(14)8-9/h5-8,13-14H,4H2,1-3H3. The fraction of sp³-hybridized carbons (Fsp3) is 0.417. The second-order valence-corrected chi connectivity index (χ2v) is 3.70. The molecule has 0 saturated heterocycles. The van der Waals surface area contributed by atoms with Crippen LogP contribution >= 0.6 is 0 Å². The molecule has 1 aromatic rings. The summed E-state index contributed by atoms with van der Waals surface area (Å²) in [5.74, 6) is -0.245. The van der Waals surface area contributed by atoms with E-state index in [9.17, 15) is 9.90 Å². The summed E-state index contributed by atoms with van der Waals surface area (Å²) < 4.78 is 4.78. The van der Waals surface area contributed by atoms with Crippen molar-refractivity contribution in [1.29, 1.82) is 0 Å². The van der Waals surface area contributed by atoms with Gasteiger partial charge in [-0.2, -0.15) is 0 Å². The van der Waals surface area contributed by atoms with Crippen LogP contribution in [-0.2, 0) is 15.1 Å². The first-order valence-electron chi connectivity index (χ1n) is 5.17. The molecule has 0 radical (unpaired) electrons. The molecule has 1 atom stereocenters. The van der Waals surface area contributed by atoms with Crippen LogP contribution < -0.4 is 5.32 Å². The Balaban J connectivity index is 3.15. The zero-order chi connectivity index (χ0) is 12.2. The van der Waals surface area contributed by atoms with Gasteiger partial charge in [0.15, 0.2) is 0 Å². The zero-order valence-electron chi connectivity index (χ0n) is 9.78. The summed E-state index contributed by atoms with van der Waals surface area (Å²) in [7, 11) is 1.35. The van der Waals surface area contributed by atoms with Crippen LogP contribution in [0.1, 0.15) is 19.4 Å². The van der Waals surface area contributed by atoms with Crippen molar-refractivity contribution in [3.8, 4) is 5.75 Å². The zero-order valence-corrected chi connectivity index (χ0v) is 9.78. The number of esters is 1. The highest BCUT2D eigenvalue weighted by Gasteiger charge is 2.35. The second kappa shape index (κ2) is 4.99. The van der Waals surface area contributed by atoms with Crippen LogP contribution in [0.3, 0.4) is 0 Å². The third-order valence-corrected chi connectivity index (χ3v) is 2.55. The average Bonchev–Trinajstić information content (AvgIpc) is 2.28. The number of ether oxygens (including phenoxy) is 1. The van der Waals surface area contributed by atoms with E-state index in [0.717, 1.165) is 0 Å². The molecule has 0 aliphatic rings. The van der Waals surface area contributed by atoms with Gasteiger partial charge in [0, 0.05) is 0 Å². The van der Waals surface area contributed by atoms with E-state index >= 15 is 0 Å². The number of hydrogen-bond acceptors (Lipinski definition) is 4. The Kier molecular flexibility index (Phi) is 3.90. The molecule has 0 spiro atoms. The summed E-state index contributed by atoms with van der Waals surface area (Å²) in [6, 6.07) is 6.59. The first-order valence-corrected chi connectivity index (χ1v) is 5.17. The van der Waals surface area contributed by atoms with Crippen molar-refractivity contribution in [2.24, 2.45) is 0 Å². The van der Waals surface area contributed by atoms with Gasteiger partial charge >= 0.3 is 5.97 Å². The molecule has 4 heteroatoms. The molecule has 0 amide bonds. The maximum Gasteiger partial charge on any atom is 0.330 e. The molecule has 0 aliphatic heterocycles. The van der Waals surface area contributed by atoms with Crippen molar-refractivity contribution in [2.75, 3.05) is 13.7 Å². The highest BCUT2D eigenvalue weighted by atomic mass is 16.5. The molecule has 1 rings (SSSR count). The quantitative estimate of drug-likeness (QED) is 0.757.